The molecule has 0 aliphatic rings. The number of carbonyl (C=O) groups excluding carboxylic acids is 1. The highest BCUT2D eigenvalue weighted by atomic mass is 19.1. The number of anilines is 1. The number of hydrogen-bond acceptors (Lipinski definition) is 4. The zero-order valence-electron chi connectivity index (χ0n) is 14.8. The average Bonchev–Trinajstić information content (AvgIpc) is 3.13. The molecule has 0 saturated heterocycles. The van der Waals surface area contributed by atoms with E-state index in [1.54, 1.807) is 53.7 Å². The van der Waals surface area contributed by atoms with E-state index in [1.807, 2.05) is 12.1 Å². The van der Waals surface area contributed by atoms with E-state index in [9.17, 15) is 9.18 Å². The van der Waals surface area contributed by atoms with Gasteiger partial charge in [0.15, 0.2) is 0 Å². The Morgan fingerprint density at radius 1 is 1.11 bits per heavy atom. The Morgan fingerprint density at radius 3 is 2.75 bits per heavy atom. The van der Waals surface area contributed by atoms with Crippen LogP contribution in [0.1, 0.15) is 5.56 Å². The van der Waals surface area contributed by atoms with Gasteiger partial charge in [0.05, 0.1) is 23.6 Å². The third-order valence-electron chi connectivity index (χ3n) is 4.24. The van der Waals surface area contributed by atoms with Crippen LogP contribution < -0.4 is 10.6 Å². The number of benzene rings is 1. The van der Waals surface area contributed by atoms with Crippen molar-refractivity contribution in [1.82, 2.24) is 25.1 Å². The molecule has 0 saturated carbocycles. The van der Waals surface area contributed by atoms with E-state index < -0.39 is 6.03 Å². The molecule has 2 N–H and O–H groups in total. The van der Waals surface area contributed by atoms with E-state index in [-0.39, 0.29) is 5.82 Å². The van der Waals surface area contributed by atoms with Crippen LogP contribution in [-0.2, 0) is 6.42 Å². The monoisotopic (exact) mass is 376 g/mol. The van der Waals surface area contributed by atoms with Crippen molar-refractivity contribution in [3.63, 3.8) is 0 Å². The fourth-order valence-corrected chi connectivity index (χ4v) is 2.86. The van der Waals surface area contributed by atoms with Gasteiger partial charge in [0.2, 0.25) is 0 Å². The molecule has 28 heavy (non-hydrogen) atoms. The molecule has 4 aromatic rings. The van der Waals surface area contributed by atoms with Crippen LogP contribution in [0.25, 0.3) is 16.6 Å². The first kappa shape index (κ1) is 17.6. The minimum Gasteiger partial charge on any atom is -0.337 e. The summed E-state index contributed by atoms with van der Waals surface area (Å²) < 4.78 is 15.3. The van der Waals surface area contributed by atoms with Crippen LogP contribution in [0.2, 0.25) is 0 Å². The summed E-state index contributed by atoms with van der Waals surface area (Å²) in [6, 6.07) is 11.6. The van der Waals surface area contributed by atoms with Gasteiger partial charge in [0.1, 0.15) is 11.6 Å². The highest BCUT2D eigenvalue weighted by Gasteiger charge is 2.09. The lowest BCUT2D eigenvalue weighted by molar-refractivity contribution is 0.252. The van der Waals surface area contributed by atoms with Gasteiger partial charge in [-0.05, 0) is 36.2 Å². The number of nitrogens with one attached hydrogen (secondary N) is 2. The number of amides is 2. The number of halogens is 1. The molecule has 8 heteroatoms. The van der Waals surface area contributed by atoms with Gasteiger partial charge in [-0.1, -0.05) is 18.2 Å². The summed E-state index contributed by atoms with van der Waals surface area (Å²) in [6.45, 7) is 0.314. The third kappa shape index (κ3) is 3.80. The molecule has 3 heterocycles. The molecule has 0 aliphatic carbocycles. The maximum Gasteiger partial charge on any atom is 0.320 e. The standard InChI is InChI=1S/C20H17FN6O/c21-17-4-2-1-3-14(17)5-10-23-20(28)26-19-11-15-12-25-27(18(15)13-24-19)16-6-8-22-9-7-16/h1-4,6-9,11-13H,5,10H2,(H2,23,24,26,28). The Balaban J connectivity index is 1.39. The summed E-state index contributed by atoms with van der Waals surface area (Å²) in [5.41, 5.74) is 2.25. The van der Waals surface area contributed by atoms with E-state index in [2.05, 4.69) is 25.7 Å². The summed E-state index contributed by atoms with van der Waals surface area (Å²) in [5.74, 6) is 0.133. The Labute approximate surface area is 160 Å². The van der Waals surface area contributed by atoms with Crippen molar-refractivity contribution >= 4 is 22.8 Å². The molecule has 0 atom stereocenters. The molecular formula is C20H17FN6O. The summed E-state index contributed by atoms with van der Waals surface area (Å²) in [6.07, 6.45) is 7.15. The first-order chi connectivity index (χ1) is 13.7. The normalized spacial score (nSPS) is 10.8. The molecule has 0 fully saturated rings. The summed E-state index contributed by atoms with van der Waals surface area (Å²) >= 11 is 0. The molecule has 3 aromatic heterocycles. The number of carbonyl (C=O) groups is 1. The number of fused-ring (bicyclic) bond motifs is 1. The summed E-state index contributed by atoms with van der Waals surface area (Å²) in [7, 11) is 0. The van der Waals surface area contributed by atoms with E-state index in [0.29, 0.717) is 24.3 Å². The summed E-state index contributed by atoms with van der Waals surface area (Å²) in [5, 5.41) is 10.6. The molecule has 140 valence electrons. The molecule has 0 aliphatic heterocycles. The fraction of sp³-hybridized carbons (Fsp3) is 0.100. The topological polar surface area (TPSA) is 84.7 Å². The second-order valence-corrected chi connectivity index (χ2v) is 6.11. The lowest BCUT2D eigenvalue weighted by Crippen LogP contribution is -2.30. The number of aromatic nitrogens is 4. The van der Waals surface area contributed by atoms with E-state index in [1.165, 1.54) is 6.07 Å². The number of rotatable bonds is 5. The quantitative estimate of drug-likeness (QED) is 0.560. The first-order valence-electron chi connectivity index (χ1n) is 8.73. The molecule has 4 rings (SSSR count). The lowest BCUT2D eigenvalue weighted by Gasteiger charge is -2.08. The van der Waals surface area contributed by atoms with Crippen molar-refractivity contribution in [2.45, 2.75) is 6.42 Å². The van der Waals surface area contributed by atoms with Gasteiger partial charge in [0, 0.05) is 24.3 Å². The van der Waals surface area contributed by atoms with Crippen molar-refractivity contribution in [2.75, 3.05) is 11.9 Å². The Morgan fingerprint density at radius 2 is 1.93 bits per heavy atom. The van der Waals surface area contributed by atoms with Gasteiger partial charge in [-0.2, -0.15) is 5.10 Å². The van der Waals surface area contributed by atoms with Crippen molar-refractivity contribution in [3.8, 4) is 5.69 Å². The number of hydrogen-bond donors (Lipinski definition) is 2. The van der Waals surface area contributed by atoms with Crippen molar-refractivity contribution < 1.29 is 9.18 Å². The minimum absolute atomic E-state index is 0.275. The molecule has 2 amide bonds. The minimum atomic E-state index is -0.398. The highest BCUT2D eigenvalue weighted by Crippen LogP contribution is 2.19. The van der Waals surface area contributed by atoms with Crippen LogP contribution in [-0.4, -0.2) is 32.3 Å². The van der Waals surface area contributed by atoms with E-state index >= 15 is 0 Å². The number of urea groups is 1. The van der Waals surface area contributed by atoms with Crippen molar-refractivity contribution in [3.05, 3.63) is 78.6 Å². The van der Waals surface area contributed by atoms with Crippen molar-refractivity contribution in [2.24, 2.45) is 0 Å². The molecular weight excluding hydrogens is 359 g/mol. The van der Waals surface area contributed by atoms with Crippen LogP contribution in [0.15, 0.2) is 67.3 Å². The second kappa shape index (κ2) is 7.83. The lowest BCUT2D eigenvalue weighted by atomic mass is 10.1. The second-order valence-electron chi connectivity index (χ2n) is 6.11. The van der Waals surface area contributed by atoms with Crippen LogP contribution in [0, 0.1) is 5.82 Å². The van der Waals surface area contributed by atoms with Crippen LogP contribution in [0.3, 0.4) is 0 Å². The molecule has 7 nitrogen and oxygen atoms in total. The first-order valence-corrected chi connectivity index (χ1v) is 8.73. The molecule has 0 bridgehead atoms. The van der Waals surface area contributed by atoms with Gasteiger partial charge in [-0.3, -0.25) is 10.3 Å². The van der Waals surface area contributed by atoms with Gasteiger partial charge in [-0.25, -0.2) is 18.9 Å². The van der Waals surface area contributed by atoms with Crippen LogP contribution >= 0.6 is 0 Å². The smallest absolute Gasteiger partial charge is 0.320 e. The van der Waals surface area contributed by atoms with Crippen LogP contribution in [0.5, 0.6) is 0 Å². The maximum atomic E-state index is 13.6. The number of pyridine rings is 2. The fourth-order valence-electron chi connectivity index (χ4n) is 2.86. The molecule has 1 aromatic carbocycles. The predicted octanol–water partition coefficient (Wildman–Crippen LogP) is 3.32. The summed E-state index contributed by atoms with van der Waals surface area (Å²) in [4.78, 5) is 20.3. The molecule has 0 unspecified atom stereocenters. The largest absolute Gasteiger partial charge is 0.337 e. The average molecular weight is 376 g/mol. The highest BCUT2D eigenvalue weighted by molar-refractivity contribution is 5.91. The number of nitrogens with zero attached hydrogens (tertiary/aromatic N) is 4. The Kier molecular flexibility index (Phi) is 4.92. The SMILES string of the molecule is O=C(NCCc1ccccc1F)Nc1cc2cnn(-c3ccncc3)c2cn1. The van der Waals surface area contributed by atoms with Gasteiger partial charge < -0.3 is 5.32 Å². The van der Waals surface area contributed by atoms with E-state index in [4.69, 9.17) is 0 Å². The van der Waals surface area contributed by atoms with Gasteiger partial charge >= 0.3 is 6.03 Å². The van der Waals surface area contributed by atoms with Gasteiger partial charge in [0.25, 0.3) is 0 Å². The zero-order valence-corrected chi connectivity index (χ0v) is 14.8. The van der Waals surface area contributed by atoms with Gasteiger partial charge in [-0.15, -0.1) is 0 Å². The zero-order chi connectivity index (χ0) is 19.3. The van der Waals surface area contributed by atoms with E-state index in [0.717, 1.165) is 16.6 Å². The molecule has 0 radical (unpaired) electrons. The Hall–Kier alpha value is -3.81. The van der Waals surface area contributed by atoms with Crippen LogP contribution in [0.4, 0.5) is 15.0 Å². The maximum absolute atomic E-state index is 13.6. The van der Waals surface area contributed by atoms with Crippen molar-refractivity contribution in [1.29, 1.82) is 0 Å². The predicted molar refractivity (Wildman–Crippen MR) is 104 cm³/mol. The molecule has 0 spiro atoms. The third-order valence-corrected chi connectivity index (χ3v) is 4.24. The Bertz CT molecular complexity index is 1110.